The SMILES string of the molecule is C[C@@H]1CC2C[C@@H](O)CC1N2S(=O)(=O)c1cc(-c2ncc(-c3ccc(C(F)(F)F)c(C4CC4)c3)[nH]2)ccc1Cl. The van der Waals surface area contributed by atoms with E-state index < -0.39 is 27.9 Å². The van der Waals surface area contributed by atoms with E-state index in [1.54, 1.807) is 12.1 Å². The molecule has 1 aromatic heterocycles. The molecule has 6 nitrogen and oxygen atoms in total. The maximum atomic E-state index is 13.8. The highest BCUT2D eigenvalue weighted by Crippen LogP contribution is 2.47. The Hall–Kier alpha value is -2.40. The van der Waals surface area contributed by atoms with Crippen LogP contribution in [0, 0.1) is 5.92 Å². The van der Waals surface area contributed by atoms with Crippen LogP contribution in [0.15, 0.2) is 47.5 Å². The summed E-state index contributed by atoms with van der Waals surface area (Å²) in [4.78, 5) is 7.50. The molecule has 1 saturated carbocycles. The molecule has 3 heterocycles. The van der Waals surface area contributed by atoms with E-state index >= 15 is 0 Å². The van der Waals surface area contributed by atoms with Crippen LogP contribution < -0.4 is 0 Å². The molecule has 2 aliphatic heterocycles. The first-order valence-corrected chi connectivity index (χ1v) is 14.5. The first kappa shape index (κ1) is 25.9. The number of nitrogens with one attached hydrogen (secondary N) is 1. The fourth-order valence-corrected chi connectivity index (χ4v) is 8.55. The molecular weight excluding hydrogens is 539 g/mol. The molecule has 3 aliphatic rings. The molecule has 2 saturated heterocycles. The van der Waals surface area contributed by atoms with Gasteiger partial charge in [-0.15, -0.1) is 0 Å². The van der Waals surface area contributed by atoms with Crippen molar-refractivity contribution in [1.82, 2.24) is 14.3 Å². The number of aromatic amines is 1. The van der Waals surface area contributed by atoms with Crippen LogP contribution in [0.1, 0.15) is 56.1 Å². The van der Waals surface area contributed by atoms with E-state index in [9.17, 15) is 26.7 Å². The lowest BCUT2D eigenvalue weighted by Crippen LogP contribution is -2.48. The highest BCUT2D eigenvalue weighted by Gasteiger charge is 2.50. The first-order chi connectivity index (χ1) is 17.9. The van der Waals surface area contributed by atoms with E-state index in [4.69, 9.17) is 11.6 Å². The number of halogens is 4. The topological polar surface area (TPSA) is 86.3 Å². The second-order valence-electron chi connectivity index (χ2n) is 10.8. The van der Waals surface area contributed by atoms with Crippen molar-refractivity contribution in [3.63, 3.8) is 0 Å². The van der Waals surface area contributed by atoms with Crippen molar-refractivity contribution >= 4 is 21.6 Å². The summed E-state index contributed by atoms with van der Waals surface area (Å²) >= 11 is 6.40. The summed E-state index contributed by atoms with van der Waals surface area (Å²) in [7, 11) is -3.95. The van der Waals surface area contributed by atoms with Crippen molar-refractivity contribution in [1.29, 1.82) is 0 Å². The molecule has 1 aliphatic carbocycles. The smallest absolute Gasteiger partial charge is 0.393 e. The van der Waals surface area contributed by atoms with E-state index in [1.165, 1.54) is 28.7 Å². The number of H-pyrrole nitrogens is 1. The minimum absolute atomic E-state index is 0.0272. The van der Waals surface area contributed by atoms with Gasteiger partial charge in [-0.05, 0) is 85.4 Å². The highest BCUT2D eigenvalue weighted by atomic mass is 35.5. The molecule has 2 N–H and O–H groups in total. The number of aliphatic hydroxyl groups is 1. The van der Waals surface area contributed by atoms with Crippen molar-refractivity contribution in [2.45, 2.75) is 74.2 Å². The number of benzene rings is 2. The first-order valence-electron chi connectivity index (χ1n) is 12.7. The van der Waals surface area contributed by atoms with Gasteiger partial charge in [-0.1, -0.05) is 24.6 Å². The molecule has 3 fully saturated rings. The highest BCUT2D eigenvalue weighted by molar-refractivity contribution is 7.89. The number of hydrogen-bond acceptors (Lipinski definition) is 4. The molecule has 4 atom stereocenters. The van der Waals surface area contributed by atoms with Gasteiger partial charge in [0, 0.05) is 17.6 Å². The van der Waals surface area contributed by atoms with Gasteiger partial charge in [0.2, 0.25) is 10.0 Å². The van der Waals surface area contributed by atoms with Crippen LogP contribution >= 0.6 is 11.6 Å². The maximum Gasteiger partial charge on any atom is 0.416 e. The molecule has 6 rings (SSSR count). The van der Waals surface area contributed by atoms with Crippen LogP contribution in [0.5, 0.6) is 0 Å². The number of alkyl halides is 3. The summed E-state index contributed by atoms with van der Waals surface area (Å²) in [6.45, 7) is 2.00. The second-order valence-corrected chi connectivity index (χ2v) is 13.0. The normalized spacial score (nSPS) is 26.2. The Morgan fingerprint density at radius 3 is 2.50 bits per heavy atom. The quantitative estimate of drug-likeness (QED) is 0.385. The number of hydrogen-bond donors (Lipinski definition) is 2. The number of rotatable bonds is 5. The van der Waals surface area contributed by atoms with Crippen LogP contribution in [0.3, 0.4) is 0 Å². The number of piperidine rings is 1. The van der Waals surface area contributed by atoms with Gasteiger partial charge in [0.1, 0.15) is 10.7 Å². The van der Waals surface area contributed by atoms with E-state index in [0.29, 0.717) is 47.5 Å². The van der Waals surface area contributed by atoms with Gasteiger partial charge < -0.3 is 10.1 Å². The number of nitrogens with zero attached hydrogens (tertiary/aromatic N) is 2. The Labute approximate surface area is 223 Å². The average molecular weight is 566 g/mol. The van der Waals surface area contributed by atoms with Gasteiger partial charge in [-0.25, -0.2) is 13.4 Å². The molecule has 0 radical (unpaired) electrons. The van der Waals surface area contributed by atoms with Gasteiger partial charge in [0.15, 0.2) is 0 Å². The standard InChI is InChI=1S/C27H27ClF3N3O3S/c1-14-8-18-11-19(35)12-24(14)34(18)38(36,37)25-10-17(5-7-22(25)28)26-32-13-23(33-26)16-4-6-21(27(29,30)31)20(9-16)15-2-3-15/h4-7,9-10,13-15,18-19,24,35H,2-3,8,11-12H2,1H3,(H,32,33)/t14-,18?,19-,24?/m1/s1. The predicted molar refractivity (Wildman–Crippen MR) is 137 cm³/mol. The molecule has 2 unspecified atom stereocenters. The lowest BCUT2D eigenvalue weighted by Gasteiger charge is -2.36. The van der Waals surface area contributed by atoms with Crippen molar-refractivity contribution in [3.05, 3.63) is 58.7 Å². The largest absolute Gasteiger partial charge is 0.416 e. The summed E-state index contributed by atoms with van der Waals surface area (Å²) in [6.07, 6.45) is -0.444. The monoisotopic (exact) mass is 565 g/mol. The molecule has 38 heavy (non-hydrogen) atoms. The number of aromatic nitrogens is 2. The summed E-state index contributed by atoms with van der Waals surface area (Å²) in [6, 6.07) is 8.19. The van der Waals surface area contributed by atoms with Gasteiger partial charge >= 0.3 is 6.18 Å². The summed E-state index contributed by atoms with van der Waals surface area (Å²) in [5.74, 6) is 0.420. The van der Waals surface area contributed by atoms with Crippen molar-refractivity contribution in [2.24, 2.45) is 5.92 Å². The van der Waals surface area contributed by atoms with E-state index in [1.807, 2.05) is 6.92 Å². The molecule has 202 valence electrons. The van der Waals surface area contributed by atoms with E-state index in [0.717, 1.165) is 18.9 Å². The lowest BCUT2D eigenvalue weighted by molar-refractivity contribution is -0.138. The predicted octanol–water partition coefficient (Wildman–Crippen LogP) is 6.22. The Balaban J connectivity index is 1.33. The molecule has 0 spiro atoms. The van der Waals surface area contributed by atoms with Crippen LogP contribution in [-0.4, -0.2) is 46.0 Å². The Kier molecular flexibility index (Phi) is 6.18. The van der Waals surface area contributed by atoms with Gasteiger partial charge in [0.05, 0.1) is 28.6 Å². The number of fused-ring (bicyclic) bond motifs is 2. The Morgan fingerprint density at radius 1 is 1.08 bits per heavy atom. The summed E-state index contributed by atoms with van der Waals surface area (Å²) in [5.41, 5.74) is 1.29. The maximum absolute atomic E-state index is 13.8. The minimum atomic E-state index is -4.41. The summed E-state index contributed by atoms with van der Waals surface area (Å²) in [5, 5.41) is 10.3. The minimum Gasteiger partial charge on any atom is -0.393 e. The van der Waals surface area contributed by atoms with Crippen molar-refractivity contribution < 1.29 is 26.7 Å². The van der Waals surface area contributed by atoms with Crippen LogP contribution in [0.4, 0.5) is 13.2 Å². The fraction of sp³-hybridized carbons (Fsp3) is 0.444. The number of imidazole rings is 1. The number of aliphatic hydroxyl groups excluding tert-OH is 1. The van der Waals surface area contributed by atoms with Crippen molar-refractivity contribution in [2.75, 3.05) is 0 Å². The second kappa shape index (κ2) is 9.08. The zero-order valence-corrected chi connectivity index (χ0v) is 22.1. The number of sulfonamides is 1. The molecular formula is C27H27ClF3N3O3S. The van der Waals surface area contributed by atoms with Gasteiger partial charge in [-0.3, -0.25) is 0 Å². The molecule has 2 bridgehead atoms. The van der Waals surface area contributed by atoms with E-state index in [2.05, 4.69) is 9.97 Å². The third-order valence-electron chi connectivity index (χ3n) is 8.07. The third-order valence-corrected chi connectivity index (χ3v) is 10.5. The molecule has 3 aromatic rings. The zero-order chi connectivity index (χ0) is 27.0. The van der Waals surface area contributed by atoms with Gasteiger partial charge in [-0.2, -0.15) is 17.5 Å². The molecule has 11 heteroatoms. The lowest BCUT2D eigenvalue weighted by atomic mass is 9.98. The fourth-order valence-electron chi connectivity index (χ4n) is 6.11. The summed E-state index contributed by atoms with van der Waals surface area (Å²) < 4.78 is 69.6. The van der Waals surface area contributed by atoms with Crippen LogP contribution in [0.2, 0.25) is 5.02 Å². The Bertz CT molecular complexity index is 1500. The third kappa shape index (κ3) is 4.45. The zero-order valence-electron chi connectivity index (χ0n) is 20.5. The van der Waals surface area contributed by atoms with Crippen LogP contribution in [0.25, 0.3) is 22.6 Å². The van der Waals surface area contributed by atoms with Crippen LogP contribution in [-0.2, 0) is 16.2 Å². The molecule has 2 aromatic carbocycles. The average Bonchev–Trinajstić information content (AvgIpc) is 3.53. The molecule has 0 amide bonds. The van der Waals surface area contributed by atoms with E-state index in [-0.39, 0.29) is 33.8 Å². The Morgan fingerprint density at radius 2 is 1.82 bits per heavy atom. The van der Waals surface area contributed by atoms with Crippen molar-refractivity contribution in [3.8, 4) is 22.6 Å². The van der Waals surface area contributed by atoms with Gasteiger partial charge in [0.25, 0.3) is 0 Å².